The second-order valence-corrected chi connectivity index (χ2v) is 5.46. The highest BCUT2D eigenvalue weighted by molar-refractivity contribution is 5.89. The molecule has 0 aliphatic heterocycles. The van der Waals surface area contributed by atoms with E-state index in [9.17, 15) is 4.79 Å². The number of carbonyl (C=O) groups excluding carboxylic acids is 1. The Morgan fingerprint density at radius 2 is 2.04 bits per heavy atom. The molecule has 0 radical (unpaired) electrons. The van der Waals surface area contributed by atoms with Gasteiger partial charge >= 0.3 is 5.97 Å². The van der Waals surface area contributed by atoms with Gasteiger partial charge in [0.05, 0.1) is 13.7 Å². The second-order valence-electron chi connectivity index (χ2n) is 5.46. The lowest BCUT2D eigenvalue weighted by Crippen LogP contribution is -2.03. The van der Waals surface area contributed by atoms with Gasteiger partial charge < -0.3 is 18.6 Å². The molecule has 0 amide bonds. The fraction of sp³-hybridized carbons (Fsp3) is 0.200. The minimum atomic E-state index is -0.489. The fourth-order valence-corrected chi connectivity index (χ4v) is 2.46. The van der Waals surface area contributed by atoms with E-state index in [1.54, 1.807) is 50.4 Å². The number of esters is 1. The Kier molecular flexibility index (Phi) is 5.22. The van der Waals surface area contributed by atoms with Gasteiger partial charge in [-0.25, -0.2) is 9.78 Å². The van der Waals surface area contributed by atoms with E-state index in [4.69, 9.17) is 18.6 Å². The van der Waals surface area contributed by atoms with Gasteiger partial charge in [-0.3, -0.25) is 0 Å². The third kappa shape index (κ3) is 4.03. The van der Waals surface area contributed by atoms with Crippen molar-refractivity contribution in [3.8, 4) is 17.2 Å². The van der Waals surface area contributed by atoms with Crippen LogP contribution in [-0.4, -0.2) is 24.7 Å². The van der Waals surface area contributed by atoms with E-state index in [0.29, 0.717) is 40.8 Å². The average Bonchev–Trinajstić information content (AvgIpc) is 3.00. The minimum Gasteiger partial charge on any atom is -0.493 e. The Bertz CT molecular complexity index is 958. The topological polar surface area (TPSA) is 70.8 Å². The number of hydrogen-bond acceptors (Lipinski definition) is 6. The molecule has 6 heteroatoms. The van der Waals surface area contributed by atoms with Gasteiger partial charge in [-0.1, -0.05) is 6.07 Å². The van der Waals surface area contributed by atoms with Gasteiger partial charge in [0, 0.05) is 19.1 Å². The van der Waals surface area contributed by atoms with Crippen molar-refractivity contribution in [1.29, 1.82) is 0 Å². The molecule has 0 atom stereocenters. The van der Waals surface area contributed by atoms with Crippen LogP contribution in [0.2, 0.25) is 0 Å². The first-order chi connectivity index (χ1) is 12.6. The number of methoxy groups -OCH3 is 1. The van der Waals surface area contributed by atoms with Crippen LogP contribution in [0.15, 0.2) is 46.9 Å². The van der Waals surface area contributed by atoms with Crippen molar-refractivity contribution in [2.24, 2.45) is 0 Å². The highest BCUT2D eigenvalue weighted by Crippen LogP contribution is 2.28. The summed E-state index contributed by atoms with van der Waals surface area (Å²) >= 11 is 0. The predicted octanol–water partition coefficient (Wildman–Crippen LogP) is 4.16. The summed E-state index contributed by atoms with van der Waals surface area (Å²) in [5.74, 6) is 1.75. The Hall–Kier alpha value is -3.28. The van der Waals surface area contributed by atoms with Crippen molar-refractivity contribution in [3.63, 3.8) is 0 Å². The molecule has 0 aliphatic rings. The first-order valence-corrected chi connectivity index (χ1v) is 8.17. The Morgan fingerprint density at radius 3 is 2.81 bits per heavy atom. The van der Waals surface area contributed by atoms with Crippen molar-refractivity contribution in [2.75, 3.05) is 13.7 Å². The molecule has 3 rings (SSSR count). The van der Waals surface area contributed by atoms with E-state index in [-0.39, 0.29) is 0 Å². The van der Waals surface area contributed by atoms with Crippen LogP contribution in [0.5, 0.6) is 17.2 Å². The largest absolute Gasteiger partial charge is 0.493 e. The minimum absolute atomic E-state index is 0.407. The number of hydrogen-bond donors (Lipinski definition) is 0. The highest BCUT2D eigenvalue weighted by Gasteiger charge is 2.07. The van der Waals surface area contributed by atoms with Gasteiger partial charge in [-0.2, -0.15) is 0 Å². The number of fused-ring (bicyclic) bond motifs is 1. The maximum Gasteiger partial charge on any atom is 0.336 e. The predicted molar refractivity (Wildman–Crippen MR) is 97.6 cm³/mol. The summed E-state index contributed by atoms with van der Waals surface area (Å²) in [7, 11) is 1.57. The van der Waals surface area contributed by atoms with Crippen molar-refractivity contribution in [2.45, 2.75) is 13.8 Å². The monoisotopic (exact) mass is 353 g/mol. The standard InChI is InChI=1S/C20H19NO5/c1-4-24-18-8-5-14(11-19(18)23-3)6-10-20(22)26-15-7-9-17-16(12-15)21-13(2)25-17/h5-12H,4H2,1-3H3/b10-6+. The molecule has 3 aromatic rings. The smallest absolute Gasteiger partial charge is 0.336 e. The lowest BCUT2D eigenvalue weighted by atomic mass is 10.2. The van der Waals surface area contributed by atoms with Gasteiger partial charge in [0.15, 0.2) is 23.0 Å². The van der Waals surface area contributed by atoms with E-state index in [1.807, 2.05) is 13.0 Å². The molecule has 0 unspecified atom stereocenters. The Labute approximate surface area is 151 Å². The molecular formula is C20H19NO5. The molecule has 0 saturated carbocycles. The number of rotatable bonds is 6. The van der Waals surface area contributed by atoms with Crippen molar-refractivity contribution in [3.05, 3.63) is 53.9 Å². The first kappa shape index (κ1) is 17.5. The van der Waals surface area contributed by atoms with Crippen LogP contribution in [0.4, 0.5) is 0 Å². The molecule has 0 spiro atoms. The molecule has 0 saturated heterocycles. The van der Waals surface area contributed by atoms with Gasteiger partial charge in [0.2, 0.25) is 0 Å². The number of nitrogens with zero attached hydrogens (tertiary/aromatic N) is 1. The number of carbonyl (C=O) groups is 1. The molecule has 0 N–H and O–H groups in total. The fourth-order valence-electron chi connectivity index (χ4n) is 2.46. The molecule has 0 fully saturated rings. The van der Waals surface area contributed by atoms with Crippen LogP contribution < -0.4 is 14.2 Å². The van der Waals surface area contributed by atoms with Gasteiger partial charge in [0.1, 0.15) is 11.3 Å². The molecular weight excluding hydrogens is 334 g/mol. The quantitative estimate of drug-likeness (QED) is 0.376. The van der Waals surface area contributed by atoms with Crippen LogP contribution in [0, 0.1) is 6.92 Å². The third-order valence-electron chi connectivity index (χ3n) is 3.58. The molecule has 2 aromatic carbocycles. The zero-order valence-corrected chi connectivity index (χ0v) is 14.8. The molecule has 1 aromatic heterocycles. The zero-order valence-electron chi connectivity index (χ0n) is 14.8. The lowest BCUT2D eigenvalue weighted by Gasteiger charge is -2.09. The Balaban J connectivity index is 1.70. The maximum absolute atomic E-state index is 12.0. The second kappa shape index (κ2) is 7.74. The maximum atomic E-state index is 12.0. The van der Waals surface area contributed by atoms with Gasteiger partial charge in [-0.05, 0) is 42.8 Å². The highest BCUT2D eigenvalue weighted by atomic mass is 16.5. The van der Waals surface area contributed by atoms with Crippen molar-refractivity contribution in [1.82, 2.24) is 4.98 Å². The van der Waals surface area contributed by atoms with Crippen molar-refractivity contribution >= 4 is 23.1 Å². The van der Waals surface area contributed by atoms with E-state index in [1.165, 1.54) is 6.08 Å². The number of benzene rings is 2. The molecule has 0 bridgehead atoms. The first-order valence-electron chi connectivity index (χ1n) is 8.17. The van der Waals surface area contributed by atoms with Gasteiger partial charge in [0.25, 0.3) is 0 Å². The van der Waals surface area contributed by atoms with Crippen LogP contribution in [0.25, 0.3) is 17.2 Å². The number of ether oxygens (including phenoxy) is 3. The summed E-state index contributed by atoms with van der Waals surface area (Å²) in [6, 6.07) is 10.5. The molecule has 0 aliphatic carbocycles. The summed E-state index contributed by atoms with van der Waals surface area (Å²) in [6.07, 6.45) is 3.01. The number of oxazole rings is 1. The number of aryl methyl sites for hydroxylation is 1. The summed E-state index contributed by atoms with van der Waals surface area (Å²) in [6.45, 7) is 4.22. The third-order valence-corrected chi connectivity index (χ3v) is 3.58. The summed E-state index contributed by atoms with van der Waals surface area (Å²) < 4.78 is 21.5. The van der Waals surface area contributed by atoms with E-state index in [2.05, 4.69) is 4.98 Å². The van der Waals surface area contributed by atoms with Crippen LogP contribution >= 0.6 is 0 Å². The molecule has 1 heterocycles. The number of aromatic nitrogens is 1. The molecule has 6 nitrogen and oxygen atoms in total. The van der Waals surface area contributed by atoms with Crippen LogP contribution in [-0.2, 0) is 4.79 Å². The summed E-state index contributed by atoms with van der Waals surface area (Å²) in [5, 5.41) is 0. The normalized spacial score (nSPS) is 11.0. The van der Waals surface area contributed by atoms with Crippen molar-refractivity contribution < 1.29 is 23.4 Å². The van der Waals surface area contributed by atoms with E-state index < -0.39 is 5.97 Å². The SMILES string of the molecule is CCOc1ccc(/C=C/C(=O)Oc2ccc3oc(C)nc3c2)cc1OC. The van der Waals surface area contributed by atoms with Crippen LogP contribution in [0.3, 0.4) is 0 Å². The zero-order chi connectivity index (χ0) is 18.5. The van der Waals surface area contributed by atoms with Gasteiger partial charge in [-0.15, -0.1) is 0 Å². The van der Waals surface area contributed by atoms with E-state index in [0.717, 1.165) is 5.56 Å². The molecule has 134 valence electrons. The van der Waals surface area contributed by atoms with Crippen LogP contribution in [0.1, 0.15) is 18.4 Å². The van der Waals surface area contributed by atoms with E-state index >= 15 is 0 Å². The average molecular weight is 353 g/mol. The summed E-state index contributed by atoms with van der Waals surface area (Å²) in [5.41, 5.74) is 2.09. The lowest BCUT2D eigenvalue weighted by molar-refractivity contribution is -0.128. The Morgan fingerprint density at radius 1 is 1.19 bits per heavy atom. The molecule has 26 heavy (non-hydrogen) atoms. The summed E-state index contributed by atoms with van der Waals surface area (Å²) in [4.78, 5) is 16.3.